The van der Waals surface area contributed by atoms with Crippen LogP contribution in [0.1, 0.15) is 11.1 Å². The molecule has 0 bridgehead atoms. The minimum Gasteiger partial charge on any atom is -0.368 e. The lowest BCUT2D eigenvalue weighted by molar-refractivity contribution is -0.127. The Morgan fingerprint density at radius 2 is 2.20 bits per heavy atom. The van der Waals surface area contributed by atoms with Crippen LogP contribution in [0.2, 0.25) is 0 Å². The molecule has 20 heavy (non-hydrogen) atoms. The second kappa shape index (κ2) is 6.42. The molecule has 2 aromatic rings. The van der Waals surface area contributed by atoms with Gasteiger partial charge in [-0.2, -0.15) is 4.98 Å². The predicted octanol–water partition coefficient (Wildman–Crippen LogP) is 1.45. The van der Waals surface area contributed by atoms with E-state index < -0.39 is 0 Å². The summed E-state index contributed by atoms with van der Waals surface area (Å²) in [6.45, 7) is 2.64. The zero-order valence-electron chi connectivity index (χ0n) is 11.5. The van der Waals surface area contributed by atoms with E-state index in [1.54, 1.807) is 11.9 Å². The van der Waals surface area contributed by atoms with E-state index in [1.165, 1.54) is 17.3 Å². The second-order valence-electron chi connectivity index (χ2n) is 4.47. The van der Waals surface area contributed by atoms with Crippen molar-refractivity contribution in [2.75, 3.05) is 18.5 Å². The predicted molar refractivity (Wildman–Crippen MR) is 79.2 cm³/mol. The van der Waals surface area contributed by atoms with Gasteiger partial charge in [-0.1, -0.05) is 36.0 Å². The average Bonchev–Trinajstić information content (AvgIpc) is 2.84. The largest absolute Gasteiger partial charge is 0.368 e. The molecule has 0 unspecified atom stereocenters. The van der Waals surface area contributed by atoms with Gasteiger partial charge >= 0.3 is 0 Å². The zero-order chi connectivity index (χ0) is 14.5. The highest BCUT2D eigenvalue weighted by Crippen LogP contribution is 2.15. The van der Waals surface area contributed by atoms with E-state index in [2.05, 4.69) is 15.2 Å². The number of carbonyl (C=O) groups is 1. The fourth-order valence-corrected chi connectivity index (χ4v) is 2.44. The molecular formula is C13H17N5OS. The van der Waals surface area contributed by atoms with Crippen molar-refractivity contribution in [2.24, 2.45) is 0 Å². The number of thioether (sulfide) groups is 1. The molecule has 0 spiro atoms. The van der Waals surface area contributed by atoms with Crippen molar-refractivity contribution in [1.82, 2.24) is 20.1 Å². The van der Waals surface area contributed by atoms with Gasteiger partial charge in [0, 0.05) is 13.6 Å². The molecular weight excluding hydrogens is 274 g/mol. The number of hydrogen-bond donors (Lipinski definition) is 2. The molecule has 1 aromatic heterocycles. The summed E-state index contributed by atoms with van der Waals surface area (Å²) in [5, 5.41) is 6.90. The molecule has 0 saturated heterocycles. The number of aromatic amines is 1. The van der Waals surface area contributed by atoms with Gasteiger partial charge in [-0.3, -0.25) is 4.79 Å². The van der Waals surface area contributed by atoms with Crippen LogP contribution in [-0.4, -0.2) is 38.8 Å². The number of hydrogen-bond acceptors (Lipinski definition) is 5. The number of nitrogens with zero attached hydrogens (tertiary/aromatic N) is 3. The first kappa shape index (κ1) is 14.4. The molecule has 1 heterocycles. The third-order valence-corrected chi connectivity index (χ3v) is 3.73. The van der Waals surface area contributed by atoms with Crippen LogP contribution in [0.5, 0.6) is 0 Å². The Hall–Kier alpha value is -2.02. The molecule has 2 rings (SSSR count). The number of aryl methyl sites for hydroxylation is 1. The molecule has 7 heteroatoms. The summed E-state index contributed by atoms with van der Waals surface area (Å²) in [6, 6.07) is 8.04. The van der Waals surface area contributed by atoms with Crippen LogP contribution < -0.4 is 5.73 Å². The quantitative estimate of drug-likeness (QED) is 0.814. The fourth-order valence-electron chi connectivity index (χ4n) is 1.69. The number of nitrogens with two attached hydrogens (primary N) is 1. The average molecular weight is 291 g/mol. The highest BCUT2D eigenvalue weighted by Gasteiger charge is 2.12. The maximum Gasteiger partial charge on any atom is 0.233 e. The van der Waals surface area contributed by atoms with Gasteiger partial charge in [0.2, 0.25) is 17.0 Å². The first-order valence-corrected chi connectivity index (χ1v) is 7.14. The van der Waals surface area contributed by atoms with Crippen molar-refractivity contribution in [3.05, 3.63) is 35.4 Å². The van der Waals surface area contributed by atoms with E-state index >= 15 is 0 Å². The molecule has 0 radical (unpaired) electrons. The lowest BCUT2D eigenvalue weighted by Gasteiger charge is -2.18. The SMILES string of the molecule is Cc1ccccc1CN(C)C(=O)CSc1n[nH]c(N)n1. The Bertz CT molecular complexity index is 598. The number of carbonyl (C=O) groups excluding carboxylic acids is 1. The van der Waals surface area contributed by atoms with Gasteiger partial charge in [-0.05, 0) is 18.1 Å². The number of H-pyrrole nitrogens is 1. The second-order valence-corrected chi connectivity index (χ2v) is 5.41. The maximum absolute atomic E-state index is 12.0. The summed E-state index contributed by atoms with van der Waals surface area (Å²) in [5.74, 6) is 0.578. The molecule has 0 aliphatic carbocycles. The highest BCUT2D eigenvalue weighted by molar-refractivity contribution is 7.99. The van der Waals surface area contributed by atoms with Crippen molar-refractivity contribution < 1.29 is 4.79 Å². The van der Waals surface area contributed by atoms with Crippen LogP contribution in [0, 0.1) is 6.92 Å². The van der Waals surface area contributed by atoms with Gasteiger partial charge in [0.15, 0.2) is 0 Å². The van der Waals surface area contributed by atoms with Gasteiger partial charge < -0.3 is 10.6 Å². The van der Waals surface area contributed by atoms with E-state index in [4.69, 9.17) is 5.73 Å². The Morgan fingerprint density at radius 1 is 1.45 bits per heavy atom. The molecule has 0 aliphatic rings. The Balaban J connectivity index is 1.87. The monoisotopic (exact) mass is 291 g/mol. The summed E-state index contributed by atoms with van der Waals surface area (Å²) in [6.07, 6.45) is 0. The van der Waals surface area contributed by atoms with Crippen LogP contribution in [0.25, 0.3) is 0 Å². The molecule has 0 aliphatic heterocycles. The first-order valence-electron chi connectivity index (χ1n) is 6.15. The van der Waals surface area contributed by atoms with Crippen molar-refractivity contribution in [1.29, 1.82) is 0 Å². The van der Waals surface area contributed by atoms with Crippen molar-refractivity contribution >= 4 is 23.6 Å². The van der Waals surface area contributed by atoms with Crippen molar-refractivity contribution in [2.45, 2.75) is 18.6 Å². The van der Waals surface area contributed by atoms with E-state index in [0.717, 1.165) is 5.56 Å². The summed E-state index contributed by atoms with van der Waals surface area (Å²) in [4.78, 5) is 17.7. The summed E-state index contributed by atoms with van der Waals surface area (Å²) in [7, 11) is 1.79. The Kier molecular flexibility index (Phi) is 4.62. The van der Waals surface area contributed by atoms with E-state index in [0.29, 0.717) is 17.5 Å². The first-order chi connectivity index (χ1) is 9.56. The molecule has 1 amide bonds. The fraction of sp³-hybridized carbons (Fsp3) is 0.308. The van der Waals surface area contributed by atoms with Gasteiger partial charge in [0.05, 0.1) is 5.75 Å². The molecule has 0 atom stereocenters. The Morgan fingerprint density at radius 3 is 2.85 bits per heavy atom. The normalized spacial score (nSPS) is 10.5. The number of nitrogens with one attached hydrogen (secondary N) is 1. The van der Waals surface area contributed by atoms with Gasteiger partial charge in [0.25, 0.3) is 0 Å². The van der Waals surface area contributed by atoms with Crippen LogP contribution >= 0.6 is 11.8 Å². The van der Waals surface area contributed by atoms with Gasteiger partial charge in [-0.15, -0.1) is 5.10 Å². The molecule has 3 N–H and O–H groups in total. The van der Waals surface area contributed by atoms with Gasteiger partial charge in [0.1, 0.15) is 0 Å². The Labute approximate surface area is 121 Å². The van der Waals surface area contributed by atoms with E-state index in [9.17, 15) is 4.79 Å². The third-order valence-electron chi connectivity index (χ3n) is 2.90. The third kappa shape index (κ3) is 3.74. The van der Waals surface area contributed by atoms with Crippen LogP contribution in [-0.2, 0) is 11.3 Å². The van der Waals surface area contributed by atoms with Crippen LogP contribution in [0.3, 0.4) is 0 Å². The minimum atomic E-state index is 0.0293. The smallest absolute Gasteiger partial charge is 0.233 e. The maximum atomic E-state index is 12.0. The number of amides is 1. The topological polar surface area (TPSA) is 87.9 Å². The standard InChI is InChI=1S/C13H17N5OS/c1-9-5-3-4-6-10(9)7-18(2)11(19)8-20-13-15-12(14)16-17-13/h3-6H,7-8H2,1-2H3,(H3,14,15,16,17). The van der Waals surface area contributed by atoms with Crippen molar-refractivity contribution in [3.8, 4) is 0 Å². The van der Waals surface area contributed by atoms with Crippen LogP contribution in [0.4, 0.5) is 5.95 Å². The lowest BCUT2D eigenvalue weighted by Crippen LogP contribution is -2.28. The zero-order valence-corrected chi connectivity index (χ0v) is 12.3. The lowest BCUT2D eigenvalue weighted by atomic mass is 10.1. The van der Waals surface area contributed by atoms with Crippen LogP contribution in [0.15, 0.2) is 29.4 Å². The molecule has 0 saturated carbocycles. The van der Waals surface area contributed by atoms with E-state index in [1.807, 2.05) is 31.2 Å². The molecule has 6 nitrogen and oxygen atoms in total. The number of anilines is 1. The number of nitrogen functional groups attached to an aromatic ring is 1. The molecule has 0 fully saturated rings. The number of rotatable bonds is 5. The summed E-state index contributed by atoms with van der Waals surface area (Å²) in [5.41, 5.74) is 7.76. The molecule has 106 valence electrons. The summed E-state index contributed by atoms with van der Waals surface area (Å²) >= 11 is 1.27. The molecule has 1 aromatic carbocycles. The van der Waals surface area contributed by atoms with E-state index in [-0.39, 0.29) is 11.9 Å². The summed E-state index contributed by atoms with van der Waals surface area (Å²) < 4.78 is 0. The van der Waals surface area contributed by atoms with Crippen molar-refractivity contribution in [3.63, 3.8) is 0 Å². The van der Waals surface area contributed by atoms with Gasteiger partial charge in [-0.25, -0.2) is 5.10 Å². The minimum absolute atomic E-state index is 0.0293. The number of benzene rings is 1. The number of aromatic nitrogens is 3. The highest BCUT2D eigenvalue weighted by atomic mass is 32.2.